The van der Waals surface area contributed by atoms with E-state index in [1.54, 1.807) is 4.68 Å². The van der Waals surface area contributed by atoms with Crippen LogP contribution in [0.25, 0.3) is 0 Å². The van der Waals surface area contributed by atoms with Crippen molar-refractivity contribution in [3.05, 3.63) is 41.7 Å². The normalized spacial score (nSPS) is 15.9. The molecule has 0 aliphatic carbocycles. The Morgan fingerprint density at radius 1 is 1.31 bits per heavy atom. The predicted molar refractivity (Wildman–Crippen MR) is 106 cm³/mol. The maximum atomic E-state index is 12.3. The molecule has 0 bridgehead atoms. The minimum atomic E-state index is -0.00450. The van der Waals surface area contributed by atoms with Gasteiger partial charge in [0.15, 0.2) is 5.82 Å². The molecule has 0 saturated carbocycles. The van der Waals surface area contributed by atoms with Crippen LogP contribution in [0.3, 0.4) is 0 Å². The maximum absolute atomic E-state index is 12.3. The number of amides is 1. The Bertz CT molecular complexity index is 697. The van der Waals surface area contributed by atoms with Crippen LogP contribution in [0.15, 0.2) is 30.3 Å². The van der Waals surface area contributed by atoms with Gasteiger partial charge < -0.3 is 5.32 Å². The molecule has 1 atom stereocenters. The number of halogens is 1. The van der Waals surface area contributed by atoms with Gasteiger partial charge in [0, 0.05) is 19.4 Å². The van der Waals surface area contributed by atoms with Gasteiger partial charge in [-0.2, -0.15) is 10.1 Å². The number of nitrogens with zero attached hydrogens (tertiary/aromatic N) is 3. The Balaban J connectivity index is 0.00000243. The summed E-state index contributed by atoms with van der Waals surface area (Å²) in [6, 6.07) is 10.3. The zero-order valence-corrected chi connectivity index (χ0v) is 16.3. The predicted octanol–water partition coefficient (Wildman–Crippen LogP) is 3.23. The van der Waals surface area contributed by atoms with Crippen LogP contribution < -0.4 is 10.6 Å². The number of hydrogen-bond acceptors (Lipinski definition) is 4. The average Bonchev–Trinajstić information content (AvgIpc) is 3.01. The largest absolute Gasteiger partial charge is 0.317 e. The number of carbonyl (C=O) groups excluding carboxylic acids is 1. The van der Waals surface area contributed by atoms with E-state index in [0.717, 1.165) is 38.2 Å². The molecule has 1 aliphatic heterocycles. The monoisotopic (exact) mass is 377 g/mol. The minimum Gasteiger partial charge on any atom is -0.317 e. The van der Waals surface area contributed by atoms with E-state index >= 15 is 0 Å². The van der Waals surface area contributed by atoms with E-state index < -0.39 is 0 Å². The number of rotatable bonds is 6. The van der Waals surface area contributed by atoms with E-state index in [4.69, 9.17) is 0 Å². The molecule has 0 spiro atoms. The molecule has 1 amide bonds. The van der Waals surface area contributed by atoms with Crippen LogP contribution >= 0.6 is 12.4 Å². The summed E-state index contributed by atoms with van der Waals surface area (Å²) in [4.78, 5) is 16.8. The highest BCUT2D eigenvalue weighted by Crippen LogP contribution is 2.24. The summed E-state index contributed by atoms with van der Waals surface area (Å²) in [7, 11) is 1.83. The molecular formula is C19H28ClN5O. The van der Waals surface area contributed by atoms with Crippen molar-refractivity contribution in [2.75, 3.05) is 18.4 Å². The van der Waals surface area contributed by atoms with E-state index in [0.29, 0.717) is 24.2 Å². The van der Waals surface area contributed by atoms with Crippen molar-refractivity contribution in [3.63, 3.8) is 0 Å². The van der Waals surface area contributed by atoms with Crippen LogP contribution in [0.5, 0.6) is 0 Å². The SMILES string of the molecule is CC(CCC(=O)Nc1nc(C2CCNCC2)nn1C)c1ccccc1.Cl. The standard InChI is InChI=1S/C19H27N5O.ClH/c1-14(15-6-4-3-5-7-15)8-9-17(25)21-19-22-18(23-24(19)2)16-10-12-20-13-11-16;/h3-7,14,16,20H,8-13H2,1-2H3,(H,21,22,23,25);1H. The van der Waals surface area contributed by atoms with Crippen molar-refractivity contribution in [2.45, 2.75) is 44.4 Å². The van der Waals surface area contributed by atoms with Crippen LogP contribution in [0, 0.1) is 0 Å². The van der Waals surface area contributed by atoms with Gasteiger partial charge >= 0.3 is 0 Å². The number of aryl methyl sites for hydroxylation is 1. The highest BCUT2D eigenvalue weighted by molar-refractivity contribution is 5.89. The van der Waals surface area contributed by atoms with Crippen LogP contribution in [0.4, 0.5) is 5.95 Å². The van der Waals surface area contributed by atoms with Crippen molar-refractivity contribution in [2.24, 2.45) is 7.05 Å². The minimum absolute atomic E-state index is 0. The van der Waals surface area contributed by atoms with E-state index in [1.807, 2.05) is 25.2 Å². The first-order valence-corrected chi connectivity index (χ1v) is 9.10. The summed E-state index contributed by atoms with van der Waals surface area (Å²) in [5, 5.41) is 10.8. The molecule has 1 aromatic heterocycles. The first kappa shape index (κ1) is 20.4. The van der Waals surface area contributed by atoms with Gasteiger partial charge in [0.2, 0.25) is 11.9 Å². The topological polar surface area (TPSA) is 71.8 Å². The zero-order valence-electron chi connectivity index (χ0n) is 15.4. The summed E-state index contributed by atoms with van der Waals surface area (Å²) in [6.45, 7) is 4.16. The molecule has 0 radical (unpaired) electrons. The third-order valence-electron chi connectivity index (χ3n) is 4.91. The Kier molecular flexibility index (Phi) is 7.60. The molecule has 1 aliphatic rings. The van der Waals surface area contributed by atoms with E-state index in [9.17, 15) is 4.79 Å². The van der Waals surface area contributed by atoms with Gasteiger partial charge in [0.05, 0.1) is 0 Å². The first-order chi connectivity index (χ1) is 12.1. The number of piperidine rings is 1. The van der Waals surface area contributed by atoms with Gasteiger partial charge in [-0.15, -0.1) is 12.4 Å². The third kappa shape index (κ3) is 5.29. The number of aromatic nitrogens is 3. The van der Waals surface area contributed by atoms with E-state index in [1.165, 1.54) is 5.56 Å². The molecule has 2 heterocycles. The lowest BCUT2D eigenvalue weighted by Crippen LogP contribution is -2.27. The number of anilines is 1. The molecule has 3 rings (SSSR count). The molecule has 142 valence electrons. The smallest absolute Gasteiger partial charge is 0.227 e. The molecular weight excluding hydrogens is 350 g/mol. The number of nitrogens with one attached hydrogen (secondary N) is 2. The van der Waals surface area contributed by atoms with Gasteiger partial charge in [0.1, 0.15) is 0 Å². The molecule has 1 aromatic carbocycles. The Morgan fingerprint density at radius 2 is 2.00 bits per heavy atom. The van der Waals surface area contributed by atoms with Crippen molar-refractivity contribution in [1.29, 1.82) is 0 Å². The number of hydrogen-bond donors (Lipinski definition) is 2. The van der Waals surface area contributed by atoms with Crippen molar-refractivity contribution >= 4 is 24.3 Å². The van der Waals surface area contributed by atoms with Crippen LogP contribution in [0.1, 0.15) is 55.8 Å². The molecule has 1 saturated heterocycles. The molecule has 7 heteroatoms. The fraction of sp³-hybridized carbons (Fsp3) is 0.526. The second kappa shape index (κ2) is 9.69. The van der Waals surface area contributed by atoms with E-state index in [-0.39, 0.29) is 18.3 Å². The van der Waals surface area contributed by atoms with E-state index in [2.05, 4.69) is 39.8 Å². The van der Waals surface area contributed by atoms with Gasteiger partial charge in [-0.3, -0.25) is 10.1 Å². The summed E-state index contributed by atoms with van der Waals surface area (Å²) in [6.07, 6.45) is 3.39. The Labute approximate surface area is 161 Å². The first-order valence-electron chi connectivity index (χ1n) is 9.10. The van der Waals surface area contributed by atoms with Crippen molar-refractivity contribution < 1.29 is 4.79 Å². The zero-order chi connectivity index (χ0) is 17.6. The Hall–Kier alpha value is -1.92. The van der Waals surface area contributed by atoms with Gasteiger partial charge in [-0.1, -0.05) is 37.3 Å². The fourth-order valence-electron chi connectivity index (χ4n) is 3.25. The van der Waals surface area contributed by atoms with Gasteiger partial charge in [0.25, 0.3) is 0 Å². The fourth-order valence-corrected chi connectivity index (χ4v) is 3.25. The molecule has 1 fully saturated rings. The lowest BCUT2D eigenvalue weighted by Gasteiger charge is -2.19. The second-order valence-electron chi connectivity index (χ2n) is 6.84. The van der Waals surface area contributed by atoms with Crippen LogP contribution in [-0.4, -0.2) is 33.8 Å². The summed E-state index contributed by atoms with van der Waals surface area (Å²) in [5.74, 6) is 2.13. The average molecular weight is 378 g/mol. The molecule has 26 heavy (non-hydrogen) atoms. The van der Waals surface area contributed by atoms with Gasteiger partial charge in [-0.05, 0) is 43.8 Å². The van der Waals surface area contributed by atoms with Gasteiger partial charge in [-0.25, -0.2) is 4.68 Å². The Morgan fingerprint density at radius 3 is 2.69 bits per heavy atom. The lowest BCUT2D eigenvalue weighted by atomic mass is 9.96. The van der Waals surface area contributed by atoms with Crippen LogP contribution in [-0.2, 0) is 11.8 Å². The van der Waals surface area contributed by atoms with Crippen molar-refractivity contribution in [3.8, 4) is 0 Å². The van der Waals surface area contributed by atoms with Crippen molar-refractivity contribution in [1.82, 2.24) is 20.1 Å². The summed E-state index contributed by atoms with van der Waals surface area (Å²) in [5.41, 5.74) is 1.27. The molecule has 2 aromatic rings. The third-order valence-corrected chi connectivity index (χ3v) is 4.91. The molecule has 6 nitrogen and oxygen atoms in total. The van der Waals surface area contributed by atoms with Crippen LogP contribution in [0.2, 0.25) is 0 Å². The number of carbonyl (C=O) groups is 1. The molecule has 1 unspecified atom stereocenters. The summed E-state index contributed by atoms with van der Waals surface area (Å²) < 4.78 is 1.68. The highest BCUT2D eigenvalue weighted by Gasteiger charge is 2.21. The molecule has 2 N–H and O–H groups in total. The second-order valence-corrected chi connectivity index (χ2v) is 6.84. The summed E-state index contributed by atoms with van der Waals surface area (Å²) >= 11 is 0. The quantitative estimate of drug-likeness (QED) is 0.810. The maximum Gasteiger partial charge on any atom is 0.227 e. The lowest BCUT2D eigenvalue weighted by molar-refractivity contribution is -0.116. The highest BCUT2D eigenvalue weighted by atomic mass is 35.5. The number of benzene rings is 1.